The van der Waals surface area contributed by atoms with Gasteiger partial charge in [-0.05, 0) is 6.42 Å². The van der Waals surface area contributed by atoms with E-state index in [4.69, 9.17) is 38.3 Å². The van der Waals surface area contributed by atoms with Crippen molar-refractivity contribution in [1.29, 1.82) is 0 Å². The lowest BCUT2D eigenvalue weighted by Gasteiger charge is -2.08. The largest absolute Gasteiger partial charge is 0.396 e. The molecule has 0 saturated heterocycles. The molecule has 0 aromatic rings. The summed E-state index contributed by atoms with van der Waals surface area (Å²) in [5.41, 5.74) is 0. The fraction of sp³-hybridized carbons (Fsp3) is 1.00. The number of hydrogen-bond acceptors (Lipinski definition) is 8. The zero-order valence-electron chi connectivity index (χ0n) is 14.9. The standard InChI is InChI=1S/C16H34O8/c1-18-5-6-20-9-10-22-13-14-24-16-15-23-12-11-21-8-7-19-4-2-3-17/h17H,2-16H2,1H3. The Hall–Kier alpha value is -0.320. The Balaban J connectivity index is 2.93. The highest BCUT2D eigenvalue weighted by molar-refractivity contribution is 4.37. The summed E-state index contributed by atoms with van der Waals surface area (Å²) in [4.78, 5) is 0. The Morgan fingerprint density at radius 3 is 1.04 bits per heavy atom. The molecule has 8 nitrogen and oxygen atoms in total. The van der Waals surface area contributed by atoms with Gasteiger partial charge >= 0.3 is 0 Å². The quantitative estimate of drug-likeness (QED) is 0.291. The Bertz CT molecular complexity index is 196. The van der Waals surface area contributed by atoms with Gasteiger partial charge in [0.15, 0.2) is 0 Å². The molecule has 0 aliphatic carbocycles. The van der Waals surface area contributed by atoms with Crippen molar-refractivity contribution in [3.63, 3.8) is 0 Å². The van der Waals surface area contributed by atoms with Crippen LogP contribution < -0.4 is 0 Å². The summed E-state index contributed by atoms with van der Waals surface area (Å²) in [6.45, 7) is 7.38. The molecule has 0 amide bonds. The highest BCUT2D eigenvalue weighted by atomic mass is 16.6. The van der Waals surface area contributed by atoms with Crippen LogP contribution >= 0.6 is 0 Å². The van der Waals surface area contributed by atoms with Gasteiger partial charge in [0.1, 0.15) is 0 Å². The first-order valence-corrected chi connectivity index (χ1v) is 8.48. The summed E-state index contributed by atoms with van der Waals surface area (Å²) >= 11 is 0. The second kappa shape index (κ2) is 22.7. The summed E-state index contributed by atoms with van der Waals surface area (Å²) in [7, 11) is 1.64. The van der Waals surface area contributed by atoms with Crippen LogP contribution in [-0.2, 0) is 33.2 Å². The number of hydrogen-bond donors (Lipinski definition) is 1. The van der Waals surface area contributed by atoms with Crippen molar-refractivity contribution < 1.29 is 38.3 Å². The Kier molecular flexibility index (Phi) is 22.4. The molecule has 24 heavy (non-hydrogen) atoms. The molecule has 0 fully saturated rings. The number of aliphatic hydroxyl groups is 1. The molecule has 0 aliphatic heterocycles. The van der Waals surface area contributed by atoms with E-state index in [1.54, 1.807) is 7.11 Å². The molecule has 0 bridgehead atoms. The Morgan fingerprint density at radius 1 is 0.458 bits per heavy atom. The zero-order valence-corrected chi connectivity index (χ0v) is 14.9. The van der Waals surface area contributed by atoms with Gasteiger partial charge in [0.2, 0.25) is 0 Å². The number of methoxy groups -OCH3 is 1. The fourth-order valence-electron chi connectivity index (χ4n) is 1.51. The maximum atomic E-state index is 8.56. The summed E-state index contributed by atoms with van der Waals surface area (Å²) in [5, 5.41) is 8.56. The lowest BCUT2D eigenvalue weighted by molar-refractivity contribution is -0.0194. The van der Waals surface area contributed by atoms with Crippen LogP contribution in [0.25, 0.3) is 0 Å². The van der Waals surface area contributed by atoms with E-state index < -0.39 is 0 Å². The van der Waals surface area contributed by atoms with Crippen molar-refractivity contribution in [2.75, 3.05) is 99.6 Å². The van der Waals surface area contributed by atoms with Crippen molar-refractivity contribution in [1.82, 2.24) is 0 Å². The minimum Gasteiger partial charge on any atom is -0.396 e. The van der Waals surface area contributed by atoms with Crippen molar-refractivity contribution >= 4 is 0 Å². The third-order valence-electron chi connectivity index (χ3n) is 2.74. The molecule has 0 aliphatic rings. The third-order valence-corrected chi connectivity index (χ3v) is 2.74. The van der Waals surface area contributed by atoms with Crippen LogP contribution in [0.4, 0.5) is 0 Å². The molecule has 8 heteroatoms. The van der Waals surface area contributed by atoms with E-state index in [1.165, 1.54) is 0 Å². The van der Waals surface area contributed by atoms with E-state index in [0.717, 1.165) is 0 Å². The van der Waals surface area contributed by atoms with E-state index >= 15 is 0 Å². The number of aliphatic hydroxyl groups excluding tert-OH is 1. The SMILES string of the molecule is COCCOCCOCCOCCOCCOCCOCCCO. The number of rotatable bonds is 21. The van der Waals surface area contributed by atoms with Crippen LogP contribution in [0.15, 0.2) is 0 Å². The van der Waals surface area contributed by atoms with E-state index in [0.29, 0.717) is 92.3 Å². The van der Waals surface area contributed by atoms with Crippen LogP contribution in [-0.4, -0.2) is 105 Å². The molecule has 146 valence electrons. The van der Waals surface area contributed by atoms with Crippen molar-refractivity contribution in [3.8, 4) is 0 Å². The van der Waals surface area contributed by atoms with Crippen molar-refractivity contribution in [2.24, 2.45) is 0 Å². The monoisotopic (exact) mass is 354 g/mol. The first kappa shape index (κ1) is 23.7. The lowest BCUT2D eigenvalue weighted by atomic mass is 10.5. The topological polar surface area (TPSA) is 84.8 Å². The molecule has 0 unspecified atom stereocenters. The van der Waals surface area contributed by atoms with Gasteiger partial charge in [-0.25, -0.2) is 0 Å². The molecule has 0 radical (unpaired) electrons. The van der Waals surface area contributed by atoms with Crippen LogP contribution in [0.5, 0.6) is 0 Å². The summed E-state index contributed by atoms with van der Waals surface area (Å²) in [6, 6.07) is 0. The van der Waals surface area contributed by atoms with E-state index in [-0.39, 0.29) is 6.61 Å². The average Bonchev–Trinajstić information content (AvgIpc) is 2.60. The molecule has 0 spiro atoms. The first-order valence-electron chi connectivity index (χ1n) is 8.48. The Morgan fingerprint density at radius 2 is 0.750 bits per heavy atom. The van der Waals surface area contributed by atoms with Gasteiger partial charge in [-0.15, -0.1) is 0 Å². The minimum atomic E-state index is 0.159. The molecule has 0 atom stereocenters. The molecule has 0 rings (SSSR count). The van der Waals surface area contributed by atoms with E-state index in [9.17, 15) is 0 Å². The van der Waals surface area contributed by atoms with Gasteiger partial charge in [0.05, 0.1) is 79.3 Å². The predicted molar refractivity (Wildman–Crippen MR) is 88.5 cm³/mol. The maximum Gasteiger partial charge on any atom is 0.0701 e. The zero-order chi connectivity index (χ0) is 17.6. The van der Waals surface area contributed by atoms with Crippen LogP contribution in [0.3, 0.4) is 0 Å². The highest BCUT2D eigenvalue weighted by Crippen LogP contribution is 1.85. The molecule has 0 heterocycles. The molecule has 1 N–H and O–H groups in total. The molecular formula is C16H34O8. The van der Waals surface area contributed by atoms with Gasteiger partial charge in [-0.3, -0.25) is 0 Å². The number of ether oxygens (including phenoxy) is 7. The average molecular weight is 354 g/mol. The van der Waals surface area contributed by atoms with Gasteiger partial charge in [-0.1, -0.05) is 0 Å². The van der Waals surface area contributed by atoms with Crippen LogP contribution in [0.2, 0.25) is 0 Å². The summed E-state index contributed by atoms with van der Waals surface area (Å²) < 4.78 is 36.8. The smallest absolute Gasteiger partial charge is 0.0701 e. The first-order chi connectivity index (χ1) is 11.9. The van der Waals surface area contributed by atoms with Crippen LogP contribution in [0, 0.1) is 0 Å². The lowest BCUT2D eigenvalue weighted by Crippen LogP contribution is -2.14. The van der Waals surface area contributed by atoms with Crippen molar-refractivity contribution in [2.45, 2.75) is 6.42 Å². The molecule has 0 aromatic carbocycles. The molecule has 0 aromatic heterocycles. The van der Waals surface area contributed by atoms with Crippen LogP contribution in [0.1, 0.15) is 6.42 Å². The fourth-order valence-corrected chi connectivity index (χ4v) is 1.51. The third kappa shape index (κ3) is 21.7. The minimum absolute atomic E-state index is 0.159. The van der Waals surface area contributed by atoms with Gasteiger partial charge in [0.25, 0.3) is 0 Å². The van der Waals surface area contributed by atoms with Crippen molar-refractivity contribution in [3.05, 3.63) is 0 Å². The normalized spacial score (nSPS) is 11.2. The van der Waals surface area contributed by atoms with Gasteiger partial charge in [-0.2, -0.15) is 0 Å². The van der Waals surface area contributed by atoms with Gasteiger partial charge in [0, 0.05) is 20.3 Å². The Labute approximate surface area is 145 Å². The molecule has 0 saturated carbocycles. The highest BCUT2D eigenvalue weighted by Gasteiger charge is 1.94. The maximum absolute atomic E-state index is 8.56. The second-order valence-corrected chi connectivity index (χ2v) is 4.74. The summed E-state index contributed by atoms with van der Waals surface area (Å²) in [6.07, 6.45) is 0.663. The second-order valence-electron chi connectivity index (χ2n) is 4.74. The predicted octanol–water partition coefficient (Wildman–Crippen LogP) is 0.115. The van der Waals surface area contributed by atoms with Gasteiger partial charge < -0.3 is 38.3 Å². The molecular weight excluding hydrogens is 320 g/mol. The summed E-state index contributed by atoms with van der Waals surface area (Å²) in [5.74, 6) is 0. The van der Waals surface area contributed by atoms with E-state index in [1.807, 2.05) is 0 Å². The van der Waals surface area contributed by atoms with E-state index in [2.05, 4.69) is 0 Å².